The number of halogens is 1. The van der Waals surface area contributed by atoms with Gasteiger partial charge in [-0.15, -0.1) is 0 Å². The summed E-state index contributed by atoms with van der Waals surface area (Å²) in [7, 11) is 1.98. The summed E-state index contributed by atoms with van der Waals surface area (Å²) < 4.78 is 2.00. The van der Waals surface area contributed by atoms with E-state index < -0.39 is 0 Å². The lowest BCUT2D eigenvalue weighted by Gasteiger charge is -1.97. The number of nitrogens with zero attached hydrogens (tertiary/aromatic N) is 1. The van der Waals surface area contributed by atoms with Gasteiger partial charge in [-0.2, -0.15) is 0 Å². The molecule has 2 rings (SSSR count). The van der Waals surface area contributed by atoms with Crippen molar-refractivity contribution in [3.63, 3.8) is 0 Å². The van der Waals surface area contributed by atoms with Gasteiger partial charge in [0.05, 0.1) is 0 Å². The highest BCUT2D eigenvalue weighted by atomic mass is 35.5. The maximum Gasteiger partial charge on any atom is 0.112 e. The molecule has 0 fully saturated rings. The lowest BCUT2D eigenvalue weighted by Crippen LogP contribution is -2.02. The molecule has 0 radical (unpaired) electrons. The average molecular weight is 209 g/mol. The summed E-state index contributed by atoms with van der Waals surface area (Å²) in [5.41, 5.74) is 7.89. The molecule has 0 aliphatic carbocycles. The van der Waals surface area contributed by atoms with Crippen molar-refractivity contribution in [2.24, 2.45) is 12.8 Å². The minimum absolute atomic E-state index is 0.633. The van der Waals surface area contributed by atoms with E-state index in [0.717, 1.165) is 17.1 Å². The number of aryl methyl sites for hydroxylation is 1. The topological polar surface area (TPSA) is 30.9 Å². The maximum absolute atomic E-state index is 6.22. The van der Waals surface area contributed by atoms with E-state index in [-0.39, 0.29) is 0 Å². The molecular weight excluding hydrogens is 196 g/mol. The van der Waals surface area contributed by atoms with Crippen LogP contribution in [0.4, 0.5) is 0 Å². The molecule has 0 spiro atoms. The van der Waals surface area contributed by atoms with E-state index in [4.69, 9.17) is 17.3 Å². The standard InChI is InChI=1S/C11H13ClN2/c1-14-10-5-3-2-4-8(10)9(6-7-13)11(14)12/h2-5H,6-7,13H2,1H3. The number of fused-ring (bicyclic) bond motifs is 1. The van der Waals surface area contributed by atoms with Crippen molar-refractivity contribution < 1.29 is 0 Å². The molecule has 0 aliphatic rings. The molecule has 14 heavy (non-hydrogen) atoms. The quantitative estimate of drug-likeness (QED) is 0.807. The fraction of sp³-hybridized carbons (Fsp3) is 0.273. The normalized spacial score (nSPS) is 11.1. The van der Waals surface area contributed by atoms with Gasteiger partial charge in [0.2, 0.25) is 0 Å². The SMILES string of the molecule is Cn1c(Cl)c(CCN)c2ccccc21. The summed E-state index contributed by atoms with van der Waals surface area (Å²) in [6.07, 6.45) is 0.834. The van der Waals surface area contributed by atoms with Gasteiger partial charge >= 0.3 is 0 Å². The molecule has 74 valence electrons. The highest BCUT2D eigenvalue weighted by Gasteiger charge is 2.11. The number of para-hydroxylation sites is 1. The van der Waals surface area contributed by atoms with Crippen LogP contribution in [0.2, 0.25) is 5.15 Å². The number of rotatable bonds is 2. The zero-order valence-corrected chi connectivity index (χ0v) is 8.88. The van der Waals surface area contributed by atoms with Crippen LogP contribution in [0.1, 0.15) is 5.56 Å². The van der Waals surface area contributed by atoms with E-state index in [1.165, 1.54) is 10.9 Å². The summed E-state index contributed by atoms with van der Waals surface area (Å²) >= 11 is 6.22. The average Bonchev–Trinajstić information content (AvgIpc) is 2.45. The van der Waals surface area contributed by atoms with Crippen LogP contribution in [0.5, 0.6) is 0 Å². The van der Waals surface area contributed by atoms with Crippen LogP contribution in [0.15, 0.2) is 24.3 Å². The molecule has 0 saturated carbocycles. The van der Waals surface area contributed by atoms with Crippen LogP contribution >= 0.6 is 11.6 Å². The predicted molar refractivity (Wildman–Crippen MR) is 60.7 cm³/mol. The number of nitrogens with two attached hydrogens (primary N) is 1. The third-order valence-corrected chi connectivity index (χ3v) is 3.01. The molecule has 1 aromatic carbocycles. The molecule has 0 unspecified atom stereocenters. The molecular formula is C11H13ClN2. The third kappa shape index (κ3) is 1.31. The van der Waals surface area contributed by atoms with Crippen molar-refractivity contribution in [2.45, 2.75) is 6.42 Å². The van der Waals surface area contributed by atoms with E-state index in [9.17, 15) is 0 Å². The maximum atomic E-state index is 6.22. The van der Waals surface area contributed by atoms with E-state index >= 15 is 0 Å². The van der Waals surface area contributed by atoms with Crippen LogP contribution in [0, 0.1) is 0 Å². The fourth-order valence-corrected chi connectivity index (χ4v) is 2.11. The Bertz CT molecular complexity index is 460. The van der Waals surface area contributed by atoms with Gasteiger partial charge in [-0.05, 0) is 24.6 Å². The smallest absolute Gasteiger partial charge is 0.112 e. The van der Waals surface area contributed by atoms with Gasteiger partial charge in [0, 0.05) is 18.0 Å². The Balaban J connectivity index is 2.74. The van der Waals surface area contributed by atoms with Crippen molar-refractivity contribution in [2.75, 3.05) is 6.54 Å². The molecule has 0 aliphatic heterocycles. The van der Waals surface area contributed by atoms with Gasteiger partial charge in [-0.25, -0.2) is 0 Å². The van der Waals surface area contributed by atoms with Gasteiger partial charge in [0.25, 0.3) is 0 Å². The summed E-state index contributed by atoms with van der Waals surface area (Å²) in [6.45, 7) is 0.633. The summed E-state index contributed by atoms with van der Waals surface area (Å²) in [4.78, 5) is 0. The van der Waals surface area contributed by atoms with E-state index in [2.05, 4.69) is 12.1 Å². The zero-order valence-electron chi connectivity index (χ0n) is 8.13. The van der Waals surface area contributed by atoms with Gasteiger partial charge < -0.3 is 10.3 Å². The first-order valence-electron chi connectivity index (χ1n) is 4.67. The van der Waals surface area contributed by atoms with Crippen molar-refractivity contribution >= 4 is 22.5 Å². The first kappa shape index (κ1) is 9.56. The second-order valence-electron chi connectivity index (χ2n) is 3.38. The van der Waals surface area contributed by atoms with Crippen molar-refractivity contribution in [3.05, 3.63) is 35.0 Å². The second-order valence-corrected chi connectivity index (χ2v) is 3.74. The van der Waals surface area contributed by atoms with Gasteiger partial charge in [0.1, 0.15) is 5.15 Å². The minimum atomic E-state index is 0.633. The molecule has 3 heteroatoms. The molecule has 0 bridgehead atoms. The second kappa shape index (κ2) is 3.64. The Hall–Kier alpha value is -0.990. The molecule has 2 N–H and O–H groups in total. The molecule has 0 atom stereocenters. The highest BCUT2D eigenvalue weighted by molar-refractivity contribution is 6.32. The number of benzene rings is 1. The van der Waals surface area contributed by atoms with Gasteiger partial charge in [-0.3, -0.25) is 0 Å². The highest BCUT2D eigenvalue weighted by Crippen LogP contribution is 2.28. The minimum Gasteiger partial charge on any atom is -0.335 e. The Morgan fingerprint density at radius 3 is 2.79 bits per heavy atom. The van der Waals surface area contributed by atoms with Crippen LogP contribution in [0.3, 0.4) is 0 Å². The lowest BCUT2D eigenvalue weighted by atomic mass is 10.1. The van der Waals surface area contributed by atoms with Crippen LogP contribution in [-0.4, -0.2) is 11.1 Å². The molecule has 1 heterocycles. The van der Waals surface area contributed by atoms with Crippen molar-refractivity contribution in [3.8, 4) is 0 Å². The number of hydrogen-bond acceptors (Lipinski definition) is 1. The Labute approximate surface area is 88.3 Å². The molecule has 2 nitrogen and oxygen atoms in total. The first-order chi connectivity index (χ1) is 6.75. The Morgan fingerprint density at radius 2 is 2.07 bits per heavy atom. The van der Waals surface area contributed by atoms with Gasteiger partial charge in [0.15, 0.2) is 0 Å². The number of aromatic nitrogens is 1. The fourth-order valence-electron chi connectivity index (χ4n) is 1.82. The molecule has 0 amide bonds. The van der Waals surface area contributed by atoms with Crippen molar-refractivity contribution in [1.82, 2.24) is 4.57 Å². The summed E-state index contributed by atoms with van der Waals surface area (Å²) in [5, 5.41) is 2.02. The zero-order chi connectivity index (χ0) is 10.1. The lowest BCUT2D eigenvalue weighted by molar-refractivity contribution is 0.930. The summed E-state index contributed by atoms with van der Waals surface area (Å²) in [5.74, 6) is 0. The van der Waals surface area contributed by atoms with Crippen molar-refractivity contribution in [1.29, 1.82) is 0 Å². The van der Waals surface area contributed by atoms with E-state index in [1.807, 2.05) is 23.7 Å². The molecule has 0 saturated heterocycles. The first-order valence-corrected chi connectivity index (χ1v) is 5.05. The summed E-state index contributed by atoms with van der Waals surface area (Å²) in [6, 6.07) is 8.21. The largest absolute Gasteiger partial charge is 0.335 e. The molecule has 2 aromatic rings. The number of hydrogen-bond donors (Lipinski definition) is 1. The molecule has 1 aromatic heterocycles. The Morgan fingerprint density at radius 1 is 1.36 bits per heavy atom. The van der Waals surface area contributed by atoms with Crippen LogP contribution < -0.4 is 5.73 Å². The van der Waals surface area contributed by atoms with Gasteiger partial charge in [-0.1, -0.05) is 29.8 Å². The third-order valence-electron chi connectivity index (χ3n) is 2.53. The monoisotopic (exact) mass is 208 g/mol. The van der Waals surface area contributed by atoms with Crippen LogP contribution in [-0.2, 0) is 13.5 Å². The predicted octanol–water partition coefficient (Wildman–Crippen LogP) is 2.33. The van der Waals surface area contributed by atoms with Crippen LogP contribution in [0.25, 0.3) is 10.9 Å². The Kier molecular flexibility index (Phi) is 2.48. The van der Waals surface area contributed by atoms with E-state index in [1.54, 1.807) is 0 Å². The van der Waals surface area contributed by atoms with E-state index in [0.29, 0.717) is 6.54 Å².